The quantitative estimate of drug-likeness (QED) is 0.437. The Morgan fingerprint density at radius 1 is 0.844 bits per heavy atom. The standard InChI is InChI=1S/C24H28N2O6/c27-22(25-13-15-31-14-11-23(28)29)10-5-12-26-24(30)32-16-21-19-8-3-1-6-17(19)18-7-2-4-9-20(18)21/h1-4,6-9,21H,5,10-16H2,(H,25,27)(H,26,30)(H,28,29). The van der Waals surface area contributed by atoms with Crippen LogP contribution in [0.15, 0.2) is 48.5 Å². The van der Waals surface area contributed by atoms with Crippen LogP contribution in [-0.4, -0.2) is 56.0 Å². The Hall–Kier alpha value is -3.39. The van der Waals surface area contributed by atoms with Crippen LogP contribution < -0.4 is 10.6 Å². The van der Waals surface area contributed by atoms with Gasteiger partial charge in [0.15, 0.2) is 0 Å². The first-order valence-corrected chi connectivity index (χ1v) is 10.7. The molecule has 0 aliphatic heterocycles. The number of rotatable bonds is 12. The van der Waals surface area contributed by atoms with E-state index in [2.05, 4.69) is 34.9 Å². The first-order valence-electron chi connectivity index (χ1n) is 10.7. The summed E-state index contributed by atoms with van der Waals surface area (Å²) in [6, 6.07) is 16.3. The Balaban J connectivity index is 1.31. The molecule has 2 aromatic rings. The van der Waals surface area contributed by atoms with Gasteiger partial charge in [-0.15, -0.1) is 0 Å². The van der Waals surface area contributed by atoms with Crippen molar-refractivity contribution < 1.29 is 29.0 Å². The van der Waals surface area contributed by atoms with Crippen LogP contribution >= 0.6 is 0 Å². The maximum atomic E-state index is 12.1. The second kappa shape index (κ2) is 11.9. The highest BCUT2D eigenvalue weighted by molar-refractivity contribution is 5.79. The number of carboxylic acids is 1. The number of carbonyl (C=O) groups is 3. The Kier molecular flexibility index (Phi) is 8.62. The summed E-state index contributed by atoms with van der Waals surface area (Å²) in [5.41, 5.74) is 4.67. The molecule has 8 heteroatoms. The number of aliphatic carboxylic acids is 1. The largest absolute Gasteiger partial charge is 0.481 e. The van der Waals surface area contributed by atoms with Crippen molar-refractivity contribution in [2.75, 3.05) is 32.9 Å². The number of hydrogen-bond acceptors (Lipinski definition) is 5. The molecule has 3 N–H and O–H groups in total. The third-order valence-electron chi connectivity index (χ3n) is 5.22. The number of benzene rings is 2. The minimum absolute atomic E-state index is 0.0108. The van der Waals surface area contributed by atoms with Gasteiger partial charge in [0.05, 0.1) is 19.6 Å². The third kappa shape index (κ3) is 6.55. The Bertz CT molecular complexity index is 900. The molecule has 8 nitrogen and oxygen atoms in total. The summed E-state index contributed by atoms with van der Waals surface area (Å²) >= 11 is 0. The zero-order valence-corrected chi connectivity index (χ0v) is 17.8. The molecule has 0 atom stereocenters. The number of hydrogen-bond donors (Lipinski definition) is 3. The van der Waals surface area contributed by atoms with Crippen LogP contribution in [-0.2, 0) is 19.1 Å². The minimum Gasteiger partial charge on any atom is -0.481 e. The van der Waals surface area contributed by atoms with Crippen molar-refractivity contribution in [3.63, 3.8) is 0 Å². The van der Waals surface area contributed by atoms with E-state index < -0.39 is 12.1 Å². The van der Waals surface area contributed by atoms with Crippen LogP contribution in [0.1, 0.15) is 36.3 Å². The predicted octanol–water partition coefficient (Wildman–Crippen LogP) is 2.91. The lowest BCUT2D eigenvalue weighted by molar-refractivity contribution is -0.138. The summed E-state index contributed by atoms with van der Waals surface area (Å²) in [6.45, 7) is 1.28. The second-order valence-corrected chi connectivity index (χ2v) is 7.46. The van der Waals surface area contributed by atoms with Gasteiger partial charge in [-0.3, -0.25) is 9.59 Å². The van der Waals surface area contributed by atoms with E-state index in [0.717, 1.165) is 11.1 Å². The maximum Gasteiger partial charge on any atom is 0.407 e. The van der Waals surface area contributed by atoms with Crippen LogP contribution in [0.25, 0.3) is 11.1 Å². The average molecular weight is 440 g/mol. The first-order chi connectivity index (χ1) is 15.6. The van der Waals surface area contributed by atoms with Gasteiger partial charge in [-0.25, -0.2) is 4.79 Å². The summed E-state index contributed by atoms with van der Waals surface area (Å²) in [6.07, 6.45) is 0.184. The molecule has 0 unspecified atom stereocenters. The van der Waals surface area contributed by atoms with Crippen LogP contribution in [0.3, 0.4) is 0 Å². The number of ether oxygens (including phenoxy) is 2. The number of alkyl carbamates (subject to hydrolysis) is 1. The molecule has 0 bridgehead atoms. The molecule has 0 heterocycles. The van der Waals surface area contributed by atoms with Crippen molar-refractivity contribution in [1.29, 1.82) is 0 Å². The fourth-order valence-electron chi connectivity index (χ4n) is 3.70. The molecule has 0 fully saturated rings. The van der Waals surface area contributed by atoms with Gasteiger partial charge in [-0.05, 0) is 28.7 Å². The van der Waals surface area contributed by atoms with E-state index in [4.69, 9.17) is 14.6 Å². The topological polar surface area (TPSA) is 114 Å². The number of carboxylic acid groups (broad SMARTS) is 1. The molecule has 32 heavy (non-hydrogen) atoms. The fourth-order valence-corrected chi connectivity index (χ4v) is 3.70. The Morgan fingerprint density at radius 3 is 2.16 bits per heavy atom. The van der Waals surface area contributed by atoms with Gasteiger partial charge in [0, 0.05) is 25.4 Å². The molecule has 170 valence electrons. The molecule has 2 amide bonds. The van der Waals surface area contributed by atoms with Gasteiger partial charge < -0.3 is 25.2 Å². The molecule has 2 aromatic carbocycles. The number of nitrogens with one attached hydrogen (secondary N) is 2. The lowest BCUT2D eigenvalue weighted by Crippen LogP contribution is -2.30. The van der Waals surface area contributed by atoms with Crippen molar-refractivity contribution in [2.24, 2.45) is 0 Å². The summed E-state index contributed by atoms with van der Waals surface area (Å²) in [4.78, 5) is 34.2. The lowest BCUT2D eigenvalue weighted by atomic mass is 9.98. The average Bonchev–Trinajstić information content (AvgIpc) is 3.11. The van der Waals surface area contributed by atoms with Crippen LogP contribution in [0.2, 0.25) is 0 Å². The highest BCUT2D eigenvalue weighted by Gasteiger charge is 2.28. The molecule has 0 saturated carbocycles. The van der Waals surface area contributed by atoms with Gasteiger partial charge in [0.2, 0.25) is 5.91 Å². The molecule has 3 rings (SSSR count). The Morgan fingerprint density at radius 2 is 1.50 bits per heavy atom. The van der Waals surface area contributed by atoms with Crippen LogP contribution in [0, 0.1) is 0 Å². The molecule has 0 radical (unpaired) electrons. The molecule has 1 aliphatic carbocycles. The SMILES string of the molecule is O=C(O)CCOCCNC(=O)CCCNC(=O)OCC1c2ccccc2-c2ccccc21. The summed E-state index contributed by atoms with van der Waals surface area (Å²) in [7, 11) is 0. The van der Waals surface area contributed by atoms with E-state index in [-0.39, 0.29) is 44.5 Å². The number of amides is 2. The molecular weight excluding hydrogens is 412 g/mol. The van der Waals surface area contributed by atoms with Crippen molar-refractivity contribution in [3.8, 4) is 11.1 Å². The summed E-state index contributed by atoms with van der Waals surface area (Å²) in [5, 5.41) is 13.9. The van der Waals surface area contributed by atoms with E-state index >= 15 is 0 Å². The van der Waals surface area contributed by atoms with Gasteiger partial charge in [-0.1, -0.05) is 48.5 Å². The summed E-state index contributed by atoms with van der Waals surface area (Å²) in [5.74, 6) is -1.06. The second-order valence-electron chi connectivity index (χ2n) is 7.46. The smallest absolute Gasteiger partial charge is 0.407 e. The van der Waals surface area contributed by atoms with Crippen molar-refractivity contribution in [1.82, 2.24) is 10.6 Å². The number of carbonyl (C=O) groups excluding carboxylic acids is 2. The highest BCUT2D eigenvalue weighted by Crippen LogP contribution is 2.44. The van der Waals surface area contributed by atoms with Crippen molar-refractivity contribution in [3.05, 3.63) is 59.7 Å². The zero-order chi connectivity index (χ0) is 22.8. The fraction of sp³-hybridized carbons (Fsp3) is 0.375. The number of fused-ring (bicyclic) bond motifs is 3. The monoisotopic (exact) mass is 440 g/mol. The highest BCUT2D eigenvalue weighted by atomic mass is 16.5. The molecule has 0 aromatic heterocycles. The summed E-state index contributed by atoms with van der Waals surface area (Å²) < 4.78 is 10.6. The van der Waals surface area contributed by atoms with E-state index in [1.54, 1.807) is 0 Å². The van der Waals surface area contributed by atoms with Gasteiger partial charge >= 0.3 is 12.1 Å². The first kappa shape index (κ1) is 23.3. The van der Waals surface area contributed by atoms with Gasteiger partial charge in [0.25, 0.3) is 0 Å². The van der Waals surface area contributed by atoms with E-state index in [0.29, 0.717) is 19.5 Å². The molecule has 0 spiro atoms. The van der Waals surface area contributed by atoms with Crippen molar-refractivity contribution in [2.45, 2.75) is 25.2 Å². The minimum atomic E-state index is -0.919. The van der Waals surface area contributed by atoms with Crippen LogP contribution in [0.5, 0.6) is 0 Å². The van der Waals surface area contributed by atoms with Crippen molar-refractivity contribution >= 4 is 18.0 Å². The van der Waals surface area contributed by atoms with Crippen LogP contribution in [0.4, 0.5) is 4.79 Å². The molecular formula is C24H28N2O6. The lowest BCUT2D eigenvalue weighted by Gasteiger charge is -2.14. The molecule has 0 saturated heterocycles. The van der Waals surface area contributed by atoms with Gasteiger partial charge in [0.1, 0.15) is 6.61 Å². The van der Waals surface area contributed by atoms with Gasteiger partial charge in [-0.2, -0.15) is 0 Å². The maximum absolute atomic E-state index is 12.1. The Labute approximate surface area is 186 Å². The molecule has 1 aliphatic rings. The van der Waals surface area contributed by atoms with E-state index in [9.17, 15) is 14.4 Å². The predicted molar refractivity (Wildman–Crippen MR) is 118 cm³/mol. The van der Waals surface area contributed by atoms with E-state index in [1.807, 2.05) is 24.3 Å². The zero-order valence-electron chi connectivity index (χ0n) is 17.8. The van der Waals surface area contributed by atoms with E-state index in [1.165, 1.54) is 11.1 Å². The normalized spacial score (nSPS) is 12.0. The third-order valence-corrected chi connectivity index (χ3v) is 5.22.